The van der Waals surface area contributed by atoms with Crippen molar-refractivity contribution >= 4 is 26.7 Å². The molecular formula is C16H19NO4S. The van der Waals surface area contributed by atoms with Gasteiger partial charge in [0.25, 0.3) is 5.91 Å². The number of nitrogens with zero attached hydrogens (tertiary/aromatic N) is 1. The molecule has 0 unspecified atom stereocenters. The van der Waals surface area contributed by atoms with Crippen molar-refractivity contribution in [2.75, 3.05) is 18.6 Å². The number of rotatable bonds is 3. The highest BCUT2D eigenvalue weighted by atomic mass is 32.2. The van der Waals surface area contributed by atoms with Gasteiger partial charge in [0.05, 0.1) is 17.1 Å². The minimum atomic E-state index is -3.01. The SMILES string of the molecule is CCc1ccc2occ(C(=O)N(C)[C@@H]3CCS(=O)(=O)C3)c2c1. The summed E-state index contributed by atoms with van der Waals surface area (Å²) in [6.07, 6.45) is 2.85. The van der Waals surface area contributed by atoms with Gasteiger partial charge in [-0.2, -0.15) is 0 Å². The molecule has 1 fully saturated rings. The number of amides is 1. The third kappa shape index (κ3) is 2.63. The maximum atomic E-state index is 12.7. The Morgan fingerprint density at radius 3 is 2.82 bits per heavy atom. The lowest BCUT2D eigenvalue weighted by Crippen LogP contribution is -2.37. The highest BCUT2D eigenvalue weighted by Gasteiger charge is 2.33. The Bertz CT molecular complexity index is 822. The number of sulfone groups is 1. The van der Waals surface area contributed by atoms with E-state index in [0.717, 1.165) is 17.4 Å². The maximum Gasteiger partial charge on any atom is 0.257 e. The molecule has 6 heteroatoms. The van der Waals surface area contributed by atoms with Gasteiger partial charge in [0.15, 0.2) is 9.84 Å². The van der Waals surface area contributed by atoms with Gasteiger partial charge >= 0.3 is 0 Å². The normalized spacial score (nSPS) is 20.4. The van der Waals surface area contributed by atoms with Crippen LogP contribution in [0.25, 0.3) is 11.0 Å². The molecule has 0 radical (unpaired) electrons. The lowest BCUT2D eigenvalue weighted by Gasteiger charge is -2.22. The fourth-order valence-electron chi connectivity index (χ4n) is 2.90. The van der Waals surface area contributed by atoms with E-state index in [0.29, 0.717) is 17.6 Å². The number of hydrogen-bond donors (Lipinski definition) is 0. The van der Waals surface area contributed by atoms with Gasteiger partial charge in [0.1, 0.15) is 11.8 Å². The highest BCUT2D eigenvalue weighted by Crippen LogP contribution is 2.26. The molecule has 0 spiro atoms. The minimum Gasteiger partial charge on any atom is -0.463 e. The van der Waals surface area contributed by atoms with Gasteiger partial charge < -0.3 is 9.32 Å². The number of hydrogen-bond acceptors (Lipinski definition) is 4. The van der Waals surface area contributed by atoms with Crippen LogP contribution in [0.3, 0.4) is 0 Å². The van der Waals surface area contributed by atoms with Crippen LogP contribution in [0.2, 0.25) is 0 Å². The quantitative estimate of drug-likeness (QED) is 0.869. The molecule has 1 aliphatic heterocycles. The van der Waals surface area contributed by atoms with Crippen LogP contribution in [-0.2, 0) is 16.3 Å². The predicted octanol–water partition coefficient (Wildman–Crippen LogP) is 2.25. The zero-order chi connectivity index (χ0) is 15.9. The number of carbonyl (C=O) groups excluding carboxylic acids is 1. The predicted molar refractivity (Wildman–Crippen MR) is 84.7 cm³/mol. The largest absolute Gasteiger partial charge is 0.463 e. The molecule has 0 N–H and O–H groups in total. The Hall–Kier alpha value is -1.82. The second kappa shape index (κ2) is 5.43. The summed E-state index contributed by atoms with van der Waals surface area (Å²) < 4.78 is 28.6. The molecule has 1 aromatic heterocycles. The van der Waals surface area contributed by atoms with Crippen LogP contribution in [0.5, 0.6) is 0 Å². The zero-order valence-corrected chi connectivity index (χ0v) is 13.5. The van der Waals surface area contributed by atoms with E-state index in [9.17, 15) is 13.2 Å². The van der Waals surface area contributed by atoms with Crippen molar-refractivity contribution in [1.82, 2.24) is 4.90 Å². The fourth-order valence-corrected chi connectivity index (χ4v) is 4.67. The van der Waals surface area contributed by atoms with E-state index in [1.165, 1.54) is 11.2 Å². The summed E-state index contributed by atoms with van der Waals surface area (Å²) in [6.45, 7) is 2.05. The average Bonchev–Trinajstić information content (AvgIpc) is 3.08. The van der Waals surface area contributed by atoms with Gasteiger partial charge in [0.2, 0.25) is 0 Å². The molecule has 118 valence electrons. The first-order valence-electron chi connectivity index (χ1n) is 7.39. The summed E-state index contributed by atoms with van der Waals surface area (Å²) >= 11 is 0. The standard InChI is InChI=1S/C16H19NO4S/c1-3-11-4-5-15-13(8-11)14(9-21-15)16(18)17(2)12-6-7-22(19,20)10-12/h4-5,8-9,12H,3,6-7,10H2,1-2H3/t12-/m1/s1. The number of benzene rings is 1. The van der Waals surface area contributed by atoms with Crippen molar-refractivity contribution in [1.29, 1.82) is 0 Å². The molecule has 0 aliphatic carbocycles. The molecule has 22 heavy (non-hydrogen) atoms. The number of aryl methyl sites for hydroxylation is 1. The summed E-state index contributed by atoms with van der Waals surface area (Å²) in [5.41, 5.74) is 2.30. The summed E-state index contributed by atoms with van der Waals surface area (Å²) in [4.78, 5) is 14.2. The van der Waals surface area contributed by atoms with Crippen LogP contribution in [0.15, 0.2) is 28.9 Å². The van der Waals surface area contributed by atoms with Crippen molar-refractivity contribution in [2.45, 2.75) is 25.8 Å². The van der Waals surface area contributed by atoms with Crippen LogP contribution < -0.4 is 0 Å². The summed E-state index contributed by atoms with van der Waals surface area (Å²) in [7, 11) is -1.35. The Morgan fingerprint density at radius 2 is 2.18 bits per heavy atom. The summed E-state index contributed by atoms with van der Waals surface area (Å²) in [6, 6.07) is 5.56. The van der Waals surface area contributed by atoms with E-state index in [-0.39, 0.29) is 23.5 Å². The minimum absolute atomic E-state index is 0.0469. The third-order valence-corrected chi connectivity index (χ3v) is 6.10. The highest BCUT2D eigenvalue weighted by molar-refractivity contribution is 7.91. The Labute approximate surface area is 129 Å². The second-order valence-electron chi connectivity index (χ2n) is 5.81. The van der Waals surface area contributed by atoms with Crippen molar-refractivity contribution in [2.24, 2.45) is 0 Å². The Balaban J connectivity index is 1.92. The van der Waals surface area contributed by atoms with E-state index in [4.69, 9.17) is 4.42 Å². The van der Waals surface area contributed by atoms with E-state index in [2.05, 4.69) is 6.92 Å². The van der Waals surface area contributed by atoms with E-state index < -0.39 is 9.84 Å². The van der Waals surface area contributed by atoms with Gasteiger partial charge in [-0.15, -0.1) is 0 Å². The van der Waals surface area contributed by atoms with Gasteiger partial charge in [-0.3, -0.25) is 4.79 Å². The lowest BCUT2D eigenvalue weighted by atomic mass is 10.1. The molecule has 3 rings (SSSR count). The zero-order valence-electron chi connectivity index (χ0n) is 12.7. The van der Waals surface area contributed by atoms with Crippen LogP contribution in [0.1, 0.15) is 29.3 Å². The summed E-state index contributed by atoms with van der Waals surface area (Å²) in [5, 5.41) is 0.789. The van der Waals surface area contributed by atoms with Crippen molar-refractivity contribution in [3.05, 3.63) is 35.6 Å². The Morgan fingerprint density at radius 1 is 1.41 bits per heavy atom. The van der Waals surface area contributed by atoms with Crippen molar-refractivity contribution < 1.29 is 17.6 Å². The molecule has 1 amide bonds. The van der Waals surface area contributed by atoms with Crippen molar-refractivity contribution in [3.8, 4) is 0 Å². The first kappa shape index (κ1) is 15.1. The van der Waals surface area contributed by atoms with E-state index in [1.807, 2.05) is 18.2 Å². The number of furan rings is 1. The second-order valence-corrected chi connectivity index (χ2v) is 8.04. The van der Waals surface area contributed by atoms with Crippen LogP contribution in [-0.4, -0.2) is 43.8 Å². The fraction of sp³-hybridized carbons (Fsp3) is 0.438. The molecule has 1 atom stereocenters. The molecular weight excluding hydrogens is 302 g/mol. The van der Waals surface area contributed by atoms with Gasteiger partial charge in [0, 0.05) is 18.5 Å². The van der Waals surface area contributed by atoms with Crippen LogP contribution >= 0.6 is 0 Å². The molecule has 0 bridgehead atoms. The molecule has 1 aromatic carbocycles. The van der Waals surface area contributed by atoms with Crippen LogP contribution in [0, 0.1) is 0 Å². The van der Waals surface area contributed by atoms with E-state index >= 15 is 0 Å². The van der Waals surface area contributed by atoms with Gasteiger partial charge in [-0.05, 0) is 30.5 Å². The van der Waals surface area contributed by atoms with Gasteiger partial charge in [-0.25, -0.2) is 8.42 Å². The molecule has 2 heterocycles. The molecule has 0 saturated carbocycles. The third-order valence-electron chi connectivity index (χ3n) is 4.35. The number of carbonyl (C=O) groups is 1. The van der Waals surface area contributed by atoms with E-state index in [1.54, 1.807) is 7.05 Å². The Kier molecular flexibility index (Phi) is 3.72. The first-order valence-corrected chi connectivity index (χ1v) is 9.21. The topological polar surface area (TPSA) is 67.6 Å². The summed E-state index contributed by atoms with van der Waals surface area (Å²) in [5.74, 6) is 0.0150. The molecule has 1 saturated heterocycles. The molecule has 1 aliphatic rings. The number of fused-ring (bicyclic) bond motifs is 1. The molecule has 5 nitrogen and oxygen atoms in total. The first-order chi connectivity index (χ1) is 10.4. The maximum absolute atomic E-state index is 12.7. The van der Waals surface area contributed by atoms with Gasteiger partial charge in [-0.1, -0.05) is 13.0 Å². The lowest BCUT2D eigenvalue weighted by molar-refractivity contribution is 0.0748. The monoisotopic (exact) mass is 321 g/mol. The molecule has 2 aromatic rings. The smallest absolute Gasteiger partial charge is 0.257 e. The van der Waals surface area contributed by atoms with Crippen LogP contribution in [0.4, 0.5) is 0 Å². The van der Waals surface area contributed by atoms with Crippen molar-refractivity contribution in [3.63, 3.8) is 0 Å². The average molecular weight is 321 g/mol.